The molecule has 1 amide bonds. The summed E-state index contributed by atoms with van der Waals surface area (Å²) in [6, 6.07) is 0. The van der Waals surface area contributed by atoms with Gasteiger partial charge in [0.15, 0.2) is 0 Å². The van der Waals surface area contributed by atoms with Crippen molar-refractivity contribution in [2.75, 3.05) is 13.7 Å². The van der Waals surface area contributed by atoms with E-state index < -0.39 is 11.2 Å². The van der Waals surface area contributed by atoms with E-state index in [9.17, 15) is 9.90 Å². The maximum absolute atomic E-state index is 11.5. The highest BCUT2D eigenvalue weighted by molar-refractivity contribution is 5.84. The van der Waals surface area contributed by atoms with Gasteiger partial charge in [-0.3, -0.25) is 4.79 Å². The van der Waals surface area contributed by atoms with Crippen LogP contribution in [0.25, 0.3) is 0 Å². The van der Waals surface area contributed by atoms with E-state index in [1.165, 1.54) is 7.11 Å². The van der Waals surface area contributed by atoms with E-state index >= 15 is 0 Å². The Labute approximate surface area is 85.6 Å². The second-order valence-electron chi connectivity index (χ2n) is 4.25. The van der Waals surface area contributed by atoms with Crippen LogP contribution in [0.4, 0.5) is 0 Å². The molecule has 0 radical (unpaired) electrons. The zero-order valence-corrected chi connectivity index (χ0v) is 9.68. The summed E-state index contributed by atoms with van der Waals surface area (Å²) in [5.74, 6) is -0.214. The Bertz CT molecular complexity index is 200. The molecule has 0 heterocycles. The number of aliphatic hydroxyl groups is 1. The molecular formula is C10H21NO3. The van der Waals surface area contributed by atoms with Gasteiger partial charge in [-0.1, -0.05) is 6.92 Å². The van der Waals surface area contributed by atoms with Crippen LogP contribution >= 0.6 is 0 Å². The normalized spacial score (nSPS) is 16.1. The molecule has 0 saturated carbocycles. The summed E-state index contributed by atoms with van der Waals surface area (Å²) in [5.41, 5.74) is -1.69. The Morgan fingerprint density at radius 1 is 1.43 bits per heavy atom. The molecule has 0 spiro atoms. The number of amides is 1. The first kappa shape index (κ1) is 13.4. The van der Waals surface area contributed by atoms with Gasteiger partial charge < -0.3 is 15.2 Å². The van der Waals surface area contributed by atoms with E-state index in [0.717, 1.165) is 0 Å². The average Bonchev–Trinajstić information content (AvgIpc) is 2.14. The number of hydrogen-bond donors (Lipinski definition) is 2. The van der Waals surface area contributed by atoms with Crippen molar-refractivity contribution >= 4 is 5.91 Å². The van der Waals surface area contributed by atoms with Gasteiger partial charge in [0.2, 0.25) is 0 Å². The topological polar surface area (TPSA) is 58.6 Å². The van der Waals surface area contributed by atoms with E-state index in [0.29, 0.717) is 6.42 Å². The Balaban J connectivity index is 4.10. The van der Waals surface area contributed by atoms with Crippen molar-refractivity contribution in [3.8, 4) is 0 Å². The molecule has 84 valence electrons. The number of methoxy groups -OCH3 is 1. The molecule has 0 saturated heterocycles. The van der Waals surface area contributed by atoms with Crippen molar-refractivity contribution in [2.45, 2.75) is 45.3 Å². The molecule has 0 aromatic carbocycles. The van der Waals surface area contributed by atoms with E-state index in [4.69, 9.17) is 4.74 Å². The Kier molecular flexibility index (Phi) is 4.55. The van der Waals surface area contributed by atoms with Crippen LogP contribution in [0, 0.1) is 0 Å². The van der Waals surface area contributed by atoms with Crippen LogP contribution in [-0.2, 0) is 9.53 Å². The number of carbonyl (C=O) groups excluding carboxylic acids is 1. The van der Waals surface area contributed by atoms with Crippen molar-refractivity contribution in [3.63, 3.8) is 0 Å². The smallest absolute Gasteiger partial charge is 0.251 e. The van der Waals surface area contributed by atoms with Crippen molar-refractivity contribution in [3.05, 3.63) is 0 Å². The molecule has 0 aromatic heterocycles. The van der Waals surface area contributed by atoms with Gasteiger partial charge in [-0.15, -0.1) is 0 Å². The number of hydrogen-bond acceptors (Lipinski definition) is 3. The van der Waals surface area contributed by atoms with Crippen LogP contribution in [0.5, 0.6) is 0 Å². The van der Waals surface area contributed by atoms with E-state index in [2.05, 4.69) is 5.32 Å². The van der Waals surface area contributed by atoms with Gasteiger partial charge in [-0.2, -0.15) is 0 Å². The Morgan fingerprint density at radius 2 is 1.93 bits per heavy atom. The van der Waals surface area contributed by atoms with Gasteiger partial charge in [0.05, 0.1) is 5.60 Å². The molecule has 4 nitrogen and oxygen atoms in total. The van der Waals surface area contributed by atoms with Crippen molar-refractivity contribution in [1.29, 1.82) is 0 Å². The highest BCUT2D eigenvalue weighted by atomic mass is 16.5. The molecule has 0 aliphatic heterocycles. The van der Waals surface area contributed by atoms with Gasteiger partial charge in [-0.05, 0) is 27.2 Å². The molecule has 0 fully saturated rings. The minimum Gasteiger partial charge on any atom is -0.388 e. The first-order valence-corrected chi connectivity index (χ1v) is 4.81. The van der Waals surface area contributed by atoms with Crippen LogP contribution in [0.15, 0.2) is 0 Å². The van der Waals surface area contributed by atoms with Crippen LogP contribution in [-0.4, -0.2) is 35.9 Å². The molecule has 2 N–H and O–H groups in total. The van der Waals surface area contributed by atoms with E-state index in [1.807, 2.05) is 6.92 Å². The molecule has 0 aromatic rings. The number of carbonyl (C=O) groups is 1. The lowest BCUT2D eigenvalue weighted by Crippen LogP contribution is -2.48. The third-order valence-corrected chi connectivity index (χ3v) is 2.45. The maximum Gasteiger partial charge on any atom is 0.251 e. The summed E-state index contributed by atoms with van der Waals surface area (Å²) in [6.45, 7) is 7.17. The van der Waals surface area contributed by atoms with E-state index in [1.54, 1.807) is 20.8 Å². The van der Waals surface area contributed by atoms with Crippen LogP contribution in [0.3, 0.4) is 0 Å². The lowest BCUT2D eigenvalue weighted by atomic mass is 10.0. The highest BCUT2D eigenvalue weighted by Gasteiger charge is 2.28. The third kappa shape index (κ3) is 4.07. The minimum absolute atomic E-state index is 0.214. The first-order chi connectivity index (χ1) is 6.25. The predicted molar refractivity (Wildman–Crippen MR) is 55.0 cm³/mol. The summed E-state index contributed by atoms with van der Waals surface area (Å²) < 4.78 is 5.00. The average molecular weight is 203 g/mol. The number of ether oxygens (including phenoxy) is 1. The Morgan fingerprint density at radius 3 is 2.29 bits per heavy atom. The molecule has 1 unspecified atom stereocenters. The first-order valence-electron chi connectivity index (χ1n) is 4.81. The fraction of sp³-hybridized carbons (Fsp3) is 0.900. The molecule has 0 aliphatic carbocycles. The summed E-state index contributed by atoms with van der Waals surface area (Å²) in [5, 5.41) is 12.3. The summed E-state index contributed by atoms with van der Waals surface area (Å²) in [4.78, 5) is 11.5. The monoisotopic (exact) mass is 203 g/mol. The van der Waals surface area contributed by atoms with Gasteiger partial charge >= 0.3 is 0 Å². The maximum atomic E-state index is 11.5. The third-order valence-electron chi connectivity index (χ3n) is 2.45. The second kappa shape index (κ2) is 4.75. The molecular weight excluding hydrogens is 182 g/mol. The standard InChI is InChI=1S/C10H21NO3/c1-6-10(4,13)7-11-8(12)9(2,3)14-5/h13H,6-7H2,1-5H3,(H,11,12). The fourth-order valence-electron chi connectivity index (χ4n) is 0.701. The van der Waals surface area contributed by atoms with Crippen molar-refractivity contribution in [1.82, 2.24) is 5.32 Å². The zero-order chi connectivity index (χ0) is 11.4. The van der Waals surface area contributed by atoms with Gasteiger partial charge in [0.25, 0.3) is 5.91 Å². The Hall–Kier alpha value is -0.610. The van der Waals surface area contributed by atoms with Crippen molar-refractivity contribution < 1.29 is 14.6 Å². The summed E-state index contributed by atoms with van der Waals surface area (Å²) >= 11 is 0. The predicted octanol–water partition coefficient (Wildman–Crippen LogP) is 0.689. The summed E-state index contributed by atoms with van der Waals surface area (Å²) in [6.07, 6.45) is 0.598. The fourth-order valence-corrected chi connectivity index (χ4v) is 0.701. The molecule has 0 rings (SSSR count). The molecule has 0 aliphatic rings. The van der Waals surface area contributed by atoms with Crippen LogP contribution < -0.4 is 5.32 Å². The number of nitrogens with one attached hydrogen (secondary N) is 1. The lowest BCUT2D eigenvalue weighted by molar-refractivity contribution is -0.140. The molecule has 14 heavy (non-hydrogen) atoms. The van der Waals surface area contributed by atoms with Crippen LogP contribution in [0.1, 0.15) is 34.1 Å². The second-order valence-corrected chi connectivity index (χ2v) is 4.25. The largest absolute Gasteiger partial charge is 0.388 e. The quantitative estimate of drug-likeness (QED) is 0.691. The summed E-state index contributed by atoms with van der Waals surface area (Å²) in [7, 11) is 1.48. The molecule has 4 heteroatoms. The van der Waals surface area contributed by atoms with Crippen LogP contribution in [0.2, 0.25) is 0 Å². The highest BCUT2D eigenvalue weighted by Crippen LogP contribution is 2.10. The zero-order valence-electron chi connectivity index (χ0n) is 9.68. The molecule has 1 atom stereocenters. The van der Waals surface area contributed by atoms with E-state index in [-0.39, 0.29) is 12.5 Å². The van der Waals surface area contributed by atoms with Gasteiger partial charge in [0, 0.05) is 13.7 Å². The lowest BCUT2D eigenvalue weighted by Gasteiger charge is -2.26. The minimum atomic E-state index is -0.848. The van der Waals surface area contributed by atoms with Gasteiger partial charge in [-0.25, -0.2) is 0 Å². The SMILES string of the molecule is CCC(C)(O)CNC(=O)C(C)(C)OC. The van der Waals surface area contributed by atoms with Gasteiger partial charge in [0.1, 0.15) is 5.60 Å². The molecule has 0 bridgehead atoms. The van der Waals surface area contributed by atoms with Crippen molar-refractivity contribution in [2.24, 2.45) is 0 Å². The number of rotatable bonds is 5.